The third kappa shape index (κ3) is 3.50. The summed E-state index contributed by atoms with van der Waals surface area (Å²) in [7, 11) is 0. The van der Waals surface area contributed by atoms with Crippen LogP contribution in [0.4, 0.5) is 20.2 Å². The van der Waals surface area contributed by atoms with E-state index < -0.39 is 29.5 Å². The van der Waals surface area contributed by atoms with Gasteiger partial charge in [0.05, 0.1) is 16.4 Å². The number of hydrazone groups is 1. The standard InChI is InChI=1S/C17H13ClF2N4O2/c18-11-2-1-3-12(15(11)20)22-17(26)13-8-14(16(21)25)24(23-13)10-6-4-9(19)5-7-10/h1-7,14H,8H2,(H2,21,25)(H,22,26). The molecule has 1 heterocycles. The summed E-state index contributed by atoms with van der Waals surface area (Å²) in [6.07, 6.45) is -0.0687. The van der Waals surface area contributed by atoms with Gasteiger partial charge >= 0.3 is 0 Å². The van der Waals surface area contributed by atoms with Gasteiger partial charge in [-0.2, -0.15) is 5.10 Å². The fraction of sp³-hybridized carbons (Fsp3) is 0.118. The van der Waals surface area contributed by atoms with Crippen molar-refractivity contribution < 1.29 is 18.4 Å². The van der Waals surface area contributed by atoms with Crippen LogP contribution in [0.5, 0.6) is 0 Å². The Bertz CT molecular complexity index is 902. The third-order valence-corrected chi connectivity index (χ3v) is 4.08. The van der Waals surface area contributed by atoms with Crippen molar-refractivity contribution in [3.8, 4) is 0 Å². The third-order valence-electron chi connectivity index (χ3n) is 3.79. The molecule has 1 atom stereocenters. The number of anilines is 2. The van der Waals surface area contributed by atoms with Gasteiger partial charge in [0.2, 0.25) is 5.91 Å². The second-order valence-electron chi connectivity index (χ2n) is 5.55. The Labute approximate surface area is 152 Å². The van der Waals surface area contributed by atoms with Gasteiger partial charge in [0.15, 0.2) is 5.82 Å². The molecule has 0 spiro atoms. The van der Waals surface area contributed by atoms with Crippen LogP contribution in [0.2, 0.25) is 5.02 Å². The van der Waals surface area contributed by atoms with Gasteiger partial charge in [-0.25, -0.2) is 8.78 Å². The lowest BCUT2D eigenvalue weighted by atomic mass is 10.1. The number of nitrogens with one attached hydrogen (secondary N) is 1. The number of hydrogen-bond donors (Lipinski definition) is 2. The molecule has 1 unspecified atom stereocenters. The molecule has 0 aromatic heterocycles. The minimum atomic E-state index is -0.912. The quantitative estimate of drug-likeness (QED) is 0.857. The van der Waals surface area contributed by atoms with E-state index in [-0.39, 0.29) is 22.8 Å². The highest BCUT2D eigenvalue weighted by molar-refractivity contribution is 6.44. The molecule has 134 valence electrons. The largest absolute Gasteiger partial charge is 0.368 e. The molecule has 2 aromatic carbocycles. The molecule has 0 saturated carbocycles. The molecule has 9 heteroatoms. The second kappa shape index (κ2) is 7.09. The molecule has 2 amide bonds. The van der Waals surface area contributed by atoms with Crippen molar-refractivity contribution in [2.24, 2.45) is 10.8 Å². The first kappa shape index (κ1) is 17.8. The lowest BCUT2D eigenvalue weighted by molar-refractivity contribution is -0.119. The average Bonchev–Trinajstić information content (AvgIpc) is 3.05. The maximum Gasteiger partial charge on any atom is 0.272 e. The summed E-state index contributed by atoms with van der Waals surface area (Å²) in [5, 5.41) is 7.57. The summed E-state index contributed by atoms with van der Waals surface area (Å²) in [4.78, 5) is 24.1. The molecule has 0 fully saturated rings. The molecular weight excluding hydrogens is 366 g/mol. The predicted octanol–water partition coefficient (Wildman–Crippen LogP) is 2.68. The van der Waals surface area contributed by atoms with Crippen molar-refractivity contribution in [2.75, 3.05) is 10.3 Å². The van der Waals surface area contributed by atoms with Gasteiger partial charge < -0.3 is 11.1 Å². The zero-order valence-corrected chi connectivity index (χ0v) is 14.0. The molecule has 3 N–H and O–H groups in total. The first-order valence-electron chi connectivity index (χ1n) is 7.54. The first-order chi connectivity index (χ1) is 12.4. The molecule has 0 radical (unpaired) electrons. The number of hydrogen-bond acceptors (Lipinski definition) is 4. The molecule has 1 aliphatic rings. The second-order valence-corrected chi connectivity index (χ2v) is 5.95. The lowest BCUT2D eigenvalue weighted by Gasteiger charge is -2.20. The van der Waals surface area contributed by atoms with Gasteiger partial charge in [-0.3, -0.25) is 14.6 Å². The highest BCUT2D eigenvalue weighted by Crippen LogP contribution is 2.26. The Morgan fingerprint density at radius 1 is 1.19 bits per heavy atom. The topological polar surface area (TPSA) is 87.8 Å². The monoisotopic (exact) mass is 378 g/mol. The normalized spacial score (nSPS) is 16.3. The number of primary amides is 1. The number of halogens is 3. The van der Waals surface area contributed by atoms with Crippen LogP contribution in [0.25, 0.3) is 0 Å². The number of nitrogens with two attached hydrogens (primary N) is 1. The minimum Gasteiger partial charge on any atom is -0.368 e. The summed E-state index contributed by atoms with van der Waals surface area (Å²) < 4.78 is 27.0. The van der Waals surface area contributed by atoms with Crippen LogP contribution in [-0.4, -0.2) is 23.6 Å². The van der Waals surface area contributed by atoms with E-state index in [1.807, 2.05) is 0 Å². The maximum absolute atomic E-state index is 13.9. The number of benzene rings is 2. The van der Waals surface area contributed by atoms with Gasteiger partial charge in [-0.1, -0.05) is 17.7 Å². The molecule has 2 aromatic rings. The molecule has 0 saturated heterocycles. The van der Waals surface area contributed by atoms with Crippen LogP contribution in [0.3, 0.4) is 0 Å². The highest BCUT2D eigenvalue weighted by Gasteiger charge is 2.35. The van der Waals surface area contributed by atoms with E-state index in [2.05, 4.69) is 10.4 Å². The smallest absolute Gasteiger partial charge is 0.272 e. The van der Waals surface area contributed by atoms with E-state index >= 15 is 0 Å². The van der Waals surface area contributed by atoms with Crippen molar-refractivity contribution in [3.05, 3.63) is 59.1 Å². The molecule has 0 aliphatic carbocycles. The number of amides is 2. The molecule has 3 rings (SSSR count). The van der Waals surface area contributed by atoms with Crippen LogP contribution in [0.15, 0.2) is 47.6 Å². The van der Waals surface area contributed by atoms with E-state index in [9.17, 15) is 18.4 Å². The van der Waals surface area contributed by atoms with Crippen molar-refractivity contribution in [3.63, 3.8) is 0 Å². The van der Waals surface area contributed by atoms with Crippen molar-refractivity contribution in [1.82, 2.24) is 0 Å². The average molecular weight is 379 g/mol. The van der Waals surface area contributed by atoms with Gasteiger partial charge in [-0.05, 0) is 36.4 Å². The van der Waals surface area contributed by atoms with E-state index in [1.54, 1.807) is 0 Å². The lowest BCUT2D eigenvalue weighted by Crippen LogP contribution is -2.39. The number of nitrogens with zero attached hydrogens (tertiary/aromatic N) is 2. The van der Waals surface area contributed by atoms with Crippen molar-refractivity contribution in [1.29, 1.82) is 0 Å². The Morgan fingerprint density at radius 3 is 2.54 bits per heavy atom. The Hall–Kier alpha value is -3.00. The minimum absolute atomic E-state index is 0.0162. The molecular formula is C17H13ClF2N4O2. The van der Waals surface area contributed by atoms with Crippen LogP contribution in [0.1, 0.15) is 6.42 Å². The summed E-state index contributed by atoms with van der Waals surface area (Å²) in [5.41, 5.74) is 5.65. The van der Waals surface area contributed by atoms with Crippen LogP contribution in [-0.2, 0) is 9.59 Å². The van der Waals surface area contributed by atoms with Crippen molar-refractivity contribution >= 4 is 40.5 Å². The van der Waals surface area contributed by atoms with E-state index in [0.29, 0.717) is 5.69 Å². The Morgan fingerprint density at radius 2 is 1.88 bits per heavy atom. The Kier molecular flexibility index (Phi) is 4.85. The van der Waals surface area contributed by atoms with Gasteiger partial charge in [0, 0.05) is 6.42 Å². The summed E-state index contributed by atoms with van der Waals surface area (Å²) in [6.45, 7) is 0. The summed E-state index contributed by atoms with van der Waals surface area (Å²) in [6, 6.07) is 8.47. The highest BCUT2D eigenvalue weighted by atomic mass is 35.5. The zero-order chi connectivity index (χ0) is 18.8. The molecule has 0 bridgehead atoms. The van der Waals surface area contributed by atoms with Gasteiger partial charge in [-0.15, -0.1) is 0 Å². The SMILES string of the molecule is NC(=O)C1CC(C(=O)Nc2cccc(Cl)c2F)=NN1c1ccc(F)cc1. The van der Waals surface area contributed by atoms with Crippen molar-refractivity contribution in [2.45, 2.75) is 12.5 Å². The summed E-state index contributed by atoms with van der Waals surface area (Å²) in [5.74, 6) is -2.62. The van der Waals surface area contributed by atoms with E-state index in [1.165, 1.54) is 47.5 Å². The van der Waals surface area contributed by atoms with Gasteiger partial charge in [0.1, 0.15) is 17.6 Å². The number of carbonyl (C=O) groups excluding carboxylic acids is 2. The van der Waals surface area contributed by atoms with E-state index in [0.717, 1.165) is 0 Å². The van der Waals surface area contributed by atoms with Crippen LogP contribution < -0.4 is 16.1 Å². The summed E-state index contributed by atoms with van der Waals surface area (Å²) >= 11 is 5.68. The zero-order valence-electron chi connectivity index (χ0n) is 13.2. The van der Waals surface area contributed by atoms with Crippen LogP contribution in [0, 0.1) is 11.6 Å². The number of carbonyl (C=O) groups is 2. The van der Waals surface area contributed by atoms with E-state index in [4.69, 9.17) is 17.3 Å². The predicted molar refractivity (Wildman–Crippen MR) is 94.0 cm³/mol. The maximum atomic E-state index is 13.9. The molecule has 26 heavy (non-hydrogen) atoms. The van der Waals surface area contributed by atoms with Crippen LogP contribution >= 0.6 is 11.6 Å². The van der Waals surface area contributed by atoms with Gasteiger partial charge in [0.25, 0.3) is 5.91 Å². The first-order valence-corrected chi connectivity index (χ1v) is 7.91. The number of rotatable bonds is 4. The fourth-order valence-electron chi connectivity index (χ4n) is 2.50. The molecule has 6 nitrogen and oxygen atoms in total. The Balaban J connectivity index is 1.86. The molecule has 1 aliphatic heterocycles. The fourth-order valence-corrected chi connectivity index (χ4v) is 2.67.